The molecule has 1 N–H and O–H groups in total. The molecule has 0 radical (unpaired) electrons. The van der Waals surface area contributed by atoms with Crippen LogP contribution in [0.3, 0.4) is 0 Å². The van der Waals surface area contributed by atoms with E-state index >= 15 is 0 Å². The summed E-state index contributed by atoms with van der Waals surface area (Å²) >= 11 is 0. The number of fused-ring (bicyclic) bond motifs is 1. The van der Waals surface area contributed by atoms with Gasteiger partial charge in [-0.15, -0.1) is 0 Å². The summed E-state index contributed by atoms with van der Waals surface area (Å²) in [5, 5.41) is 4.82. The van der Waals surface area contributed by atoms with Crippen LogP contribution >= 0.6 is 0 Å². The number of anilines is 1. The molecule has 2 aromatic carbocycles. The van der Waals surface area contributed by atoms with Crippen molar-refractivity contribution in [2.45, 2.75) is 19.4 Å². The predicted octanol–water partition coefficient (Wildman–Crippen LogP) is 3.86. The molecule has 130 valence electrons. The van der Waals surface area contributed by atoms with Crippen LogP contribution in [0.2, 0.25) is 0 Å². The third kappa shape index (κ3) is 2.86. The van der Waals surface area contributed by atoms with Crippen LogP contribution in [0.15, 0.2) is 60.7 Å². The molecule has 26 heavy (non-hydrogen) atoms. The third-order valence-electron chi connectivity index (χ3n) is 4.31. The molecule has 0 saturated carbocycles. The van der Waals surface area contributed by atoms with Gasteiger partial charge in [-0.1, -0.05) is 43.3 Å². The molecule has 1 atom stereocenters. The van der Waals surface area contributed by atoms with Crippen molar-refractivity contribution in [1.82, 2.24) is 10.3 Å². The first kappa shape index (κ1) is 16.1. The van der Waals surface area contributed by atoms with Crippen molar-refractivity contribution in [2.24, 2.45) is 0 Å². The van der Waals surface area contributed by atoms with Gasteiger partial charge in [-0.05, 0) is 35.4 Å². The summed E-state index contributed by atoms with van der Waals surface area (Å²) in [7, 11) is 0. The van der Waals surface area contributed by atoms with E-state index in [2.05, 4.69) is 10.3 Å². The number of amides is 3. The standard InChI is InChI=1S/C20H17N3O3/c1-2-16-19(24)23(20(25)21-16)17-8-5-9-18(22-17)26-15-11-10-13-6-3-4-7-14(13)12-15/h3-12,16H,2H2,1H3,(H,21,25)/t16-/m0/s1. The highest BCUT2D eigenvalue weighted by molar-refractivity contribution is 6.20. The molecule has 1 fully saturated rings. The summed E-state index contributed by atoms with van der Waals surface area (Å²) < 4.78 is 5.83. The number of hydrogen-bond donors (Lipinski definition) is 1. The Morgan fingerprint density at radius 3 is 2.62 bits per heavy atom. The van der Waals surface area contributed by atoms with Crippen molar-refractivity contribution in [1.29, 1.82) is 0 Å². The van der Waals surface area contributed by atoms with E-state index in [9.17, 15) is 9.59 Å². The van der Waals surface area contributed by atoms with Crippen molar-refractivity contribution in [3.63, 3.8) is 0 Å². The maximum Gasteiger partial charge on any atom is 0.330 e. The Labute approximate surface area is 150 Å². The molecule has 1 aromatic heterocycles. The summed E-state index contributed by atoms with van der Waals surface area (Å²) in [6.45, 7) is 1.85. The second-order valence-electron chi connectivity index (χ2n) is 6.03. The number of hydrogen-bond acceptors (Lipinski definition) is 4. The van der Waals surface area contributed by atoms with E-state index in [4.69, 9.17) is 4.74 Å². The van der Waals surface area contributed by atoms with Crippen molar-refractivity contribution < 1.29 is 14.3 Å². The van der Waals surface area contributed by atoms with E-state index in [-0.39, 0.29) is 11.7 Å². The van der Waals surface area contributed by atoms with E-state index in [0.717, 1.165) is 15.7 Å². The second kappa shape index (κ2) is 6.48. The SMILES string of the molecule is CC[C@@H]1NC(=O)N(c2cccc(Oc3ccc4ccccc4c3)n2)C1=O. The van der Waals surface area contributed by atoms with Gasteiger partial charge in [-0.25, -0.2) is 9.69 Å². The minimum Gasteiger partial charge on any atom is -0.439 e. The van der Waals surface area contributed by atoms with Gasteiger partial charge < -0.3 is 10.1 Å². The maximum atomic E-state index is 12.3. The second-order valence-corrected chi connectivity index (χ2v) is 6.03. The van der Waals surface area contributed by atoms with E-state index in [1.54, 1.807) is 18.2 Å². The molecule has 0 aliphatic carbocycles. The van der Waals surface area contributed by atoms with Gasteiger partial charge in [0.2, 0.25) is 5.88 Å². The predicted molar refractivity (Wildman–Crippen MR) is 98.4 cm³/mol. The highest BCUT2D eigenvalue weighted by Gasteiger charge is 2.38. The number of nitrogens with one attached hydrogen (secondary N) is 1. The molecule has 3 amide bonds. The fourth-order valence-corrected chi connectivity index (χ4v) is 2.96. The fraction of sp³-hybridized carbons (Fsp3) is 0.150. The van der Waals surface area contributed by atoms with Crippen LogP contribution < -0.4 is 15.0 Å². The Morgan fingerprint density at radius 1 is 1.04 bits per heavy atom. The molecule has 4 rings (SSSR count). The molecule has 1 saturated heterocycles. The minimum atomic E-state index is -0.505. The lowest BCUT2D eigenvalue weighted by Crippen LogP contribution is -2.31. The quantitative estimate of drug-likeness (QED) is 0.728. The van der Waals surface area contributed by atoms with Crippen LogP contribution in [0.25, 0.3) is 10.8 Å². The molecule has 2 heterocycles. The number of nitrogens with zero attached hydrogens (tertiary/aromatic N) is 2. The van der Waals surface area contributed by atoms with Crippen molar-refractivity contribution in [3.05, 3.63) is 60.7 Å². The van der Waals surface area contributed by atoms with Crippen LogP contribution in [0.4, 0.5) is 10.6 Å². The van der Waals surface area contributed by atoms with Gasteiger partial charge in [0.1, 0.15) is 17.6 Å². The van der Waals surface area contributed by atoms with Crippen molar-refractivity contribution in [2.75, 3.05) is 4.90 Å². The van der Waals surface area contributed by atoms with Crippen LogP contribution in [0, 0.1) is 0 Å². The Balaban J connectivity index is 1.61. The normalized spacial score (nSPS) is 16.8. The molecular weight excluding hydrogens is 330 g/mol. The van der Waals surface area contributed by atoms with Crippen LogP contribution in [0.5, 0.6) is 11.6 Å². The van der Waals surface area contributed by atoms with Gasteiger partial charge in [0.25, 0.3) is 5.91 Å². The van der Waals surface area contributed by atoms with Crippen molar-refractivity contribution in [3.8, 4) is 11.6 Å². The Hall–Kier alpha value is -3.41. The lowest BCUT2D eigenvalue weighted by molar-refractivity contribution is -0.118. The van der Waals surface area contributed by atoms with E-state index in [1.807, 2.05) is 49.4 Å². The first-order chi connectivity index (χ1) is 12.7. The highest BCUT2D eigenvalue weighted by Crippen LogP contribution is 2.27. The van der Waals surface area contributed by atoms with Gasteiger partial charge >= 0.3 is 6.03 Å². The van der Waals surface area contributed by atoms with E-state index in [1.165, 1.54) is 0 Å². The summed E-state index contributed by atoms with van der Waals surface area (Å²) in [5.74, 6) is 0.907. The lowest BCUT2D eigenvalue weighted by atomic mass is 10.1. The highest BCUT2D eigenvalue weighted by atomic mass is 16.5. The first-order valence-electron chi connectivity index (χ1n) is 8.44. The molecule has 0 unspecified atom stereocenters. The number of pyridine rings is 1. The summed E-state index contributed by atoms with van der Waals surface area (Å²) in [6.07, 6.45) is 0.536. The smallest absolute Gasteiger partial charge is 0.330 e. The Morgan fingerprint density at radius 2 is 1.85 bits per heavy atom. The minimum absolute atomic E-state index is 0.252. The molecule has 1 aliphatic rings. The Kier molecular flexibility index (Phi) is 4.01. The number of benzene rings is 2. The Bertz CT molecular complexity index is 1000. The van der Waals surface area contributed by atoms with Gasteiger partial charge in [0.05, 0.1) is 0 Å². The van der Waals surface area contributed by atoms with Gasteiger partial charge in [0.15, 0.2) is 0 Å². The molecular formula is C20H17N3O3. The summed E-state index contributed by atoms with van der Waals surface area (Å²) in [4.78, 5) is 29.8. The maximum absolute atomic E-state index is 12.3. The fourth-order valence-electron chi connectivity index (χ4n) is 2.96. The third-order valence-corrected chi connectivity index (χ3v) is 4.31. The number of rotatable bonds is 4. The molecule has 3 aromatic rings. The number of aromatic nitrogens is 1. The zero-order chi connectivity index (χ0) is 18.1. The van der Waals surface area contributed by atoms with Gasteiger partial charge in [0, 0.05) is 6.07 Å². The number of urea groups is 1. The van der Waals surface area contributed by atoms with Gasteiger partial charge in [-0.3, -0.25) is 4.79 Å². The zero-order valence-electron chi connectivity index (χ0n) is 14.2. The lowest BCUT2D eigenvalue weighted by Gasteiger charge is -2.13. The molecule has 0 spiro atoms. The number of carbonyl (C=O) groups excluding carboxylic acids is 2. The van der Waals surface area contributed by atoms with E-state index < -0.39 is 12.1 Å². The van der Waals surface area contributed by atoms with Crippen LogP contribution in [0.1, 0.15) is 13.3 Å². The number of ether oxygens (including phenoxy) is 1. The topological polar surface area (TPSA) is 71.5 Å². The average molecular weight is 347 g/mol. The monoisotopic (exact) mass is 347 g/mol. The van der Waals surface area contributed by atoms with Crippen LogP contribution in [-0.2, 0) is 4.79 Å². The molecule has 6 nitrogen and oxygen atoms in total. The van der Waals surface area contributed by atoms with Crippen LogP contribution in [-0.4, -0.2) is 23.0 Å². The average Bonchev–Trinajstić information content (AvgIpc) is 2.95. The van der Waals surface area contributed by atoms with Crippen molar-refractivity contribution >= 4 is 28.5 Å². The summed E-state index contributed by atoms with van der Waals surface area (Å²) in [6, 6.07) is 17.8. The first-order valence-corrected chi connectivity index (χ1v) is 8.44. The molecule has 6 heteroatoms. The molecule has 0 bridgehead atoms. The number of imide groups is 1. The summed E-state index contributed by atoms with van der Waals surface area (Å²) in [5.41, 5.74) is 0. The zero-order valence-corrected chi connectivity index (χ0v) is 14.2. The number of carbonyl (C=O) groups is 2. The largest absolute Gasteiger partial charge is 0.439 e. The molecule has 1 aliphatic heterocycles. The van der Waals surface area contributed by atoms with E-state index in [0.29, 0.717) is 18.1 Å². The van der Waals surface area contributed by atoms with Gasteiger partial charge in [-0.2, -0.15) is 4.98 Å².